The second-order valence-corrected chi connectivity index (χ2v) is 6.88. The number of anilines is 2. The molecule has 0 aliphatic heterocycles. The number of aryl methyl sites for hydroxylation is 4. The number of carbonyl (C=O) groups is 2. The quantitative estimate of drug-likeness (QED) is 0.802. The molecule has 2 aromatic rings. The van der Waals surface area contributed by atoms with Gasteiger partial charge >= 0.3 is 11.8 Å². The van der Waals surface area contributed by atoms with Gasteiger partial charge in [-0.05, 0) is 55.9 Å². The van der Waals surface area contributed by atoms with E-state index in [1.54, 1.807) is 0 Å². The lowest BCUT2D eigenvalue weighted by atomic mass is 9.98. The Balaban J connectivity index is 2.22. The van der Waals surface area contributed by atoms with Gasteiger partial charge in [-0.2, -0.15) is 0 Å². The molecule has 0 fully saturated rings. The second-order valence-electron chi connectivity index (χ2n) is 6.88. The molecule has 0 radical (unpaired) electrons. The van der Waals surface area contributed by atoms with Gasteiger partial charge in [-0.15, -0.1) is 0 Å². The number of amides is 2. The minimum Gasteiger partial charge on any atom is -0.317 e. The molecule has 4 nitrogen and oxygen atoms in total. The van der Waals surface area contributed by atoms with E-state index in [1.807, 2.05) is 58.0 Å². The molecule has 4 heteroatoms. The first kappa shape index (κ1) is 18.7. The fraction of sp³-hybridized carbons (Fsp3) is 0.333. The van der Waals surface area contributed by atoms with Crippen molar-refractivity contribution in [2.45, 2.75) is 47.5 Å². The lowest BCUT2D eigenvalue weighted by molar-refractivity contribution is -0.133. The van der Waals surface area contributed by atoms with Crippen LogP contribution in [0.3, 0.4) is 0 Å². The van der Waals surface area contributed by atoms with E-state index in [4.69, 9.17) is 0 Å². The smallest absolute Gasteiger partial charge is 0.314 e. The summed E-state index contributed by atoms with van der Waals surface area (Å²) >= 11 is 0. The summed E-state index contributed by atoms with van der Waals surface area (Å²) in [5.74, 6) is -1.07. The van der Waals surface area contributed by atoms with E-state index in [-0.39, 0.29) is 5.92 Å². The molecular formula is C21H26N2O2. The summed E-state index contributed by atoms with van der Waals surface area (Å²) < 4.78 is 0. The Labute approximate surface area is 149 Å². The zero-order valence-corrected chi connectivity index (χ0v) is 15.8. The topological polar surface area (TPSA) is 58.2 Å². The Kier molecular flexibility index (Phi) is 5.62. The zero-order valence-electron chi connectivity index (χ0n) is 15.8. The molecule has 0 heterocycles. The highest BCUT2D eigenvalue weighted by Gasteiger charge is 2.19. The Morgan fingerprint density at radius 2 is 1.32 bits per heavy atom. The molecule has 2 amide bonds. The van der Waals surface area contributed by atoms with Crippen LogP contribution in [0, 0.1) is 27.7 Å². The summed E-state index contributed by atoms with van der Waals surface area (Å²) in [5.41, 5.74) is 6.38. The Morgan fingerprint density at radius 1 is 0.800 bits per heavy atom. The molecular weight excluding hydrogens is 312 g/mol. The van der Waals surface area contributed by atoms with Gasteiger partial charge in [0.25, 0.3) is 0 Å². The molecule has 2 N–H and O–H groups in total. The molecule has 132 valence electrons. The highest BCUT2D eigenvalue weighted by molar-refractivity contribution is 6.44. The molecule has 25 heavy (non-hydrogen) atoms. The van der Waals surface area contributed by atoms with Crippen LogP contribution in [-0.2, 0) is 9.59 Å². The molecule has 2 aromatic carbocycles. The normalized spacial score (nSPS) is 10.7. The van der Waals surface area contributed by atoms with Crippen LogP contribution in [0.15, 0.2) is 30.3 Å². The molecule has 0 aliphatic rings. The third kappa shape index (κ3) is 4.27. The Morgan fingerprint density at radius 3 is 1.84 bits per heavy atom. The van der Waals surface area contributed by atoms with Crippen LogP contribution in [0.1, 0.15) is 47.6 Å². The van der Waals surface area contributed by atoms with Crippen LogP contribution in [-0.4, -0.2) is 11.8 Å². The average molecular weight is 338 g/mol. The third-order valence-corrected chi connectivity index (χ3v) is 4.29. The molecule has 0 saturated heterocycles. The number of rotatable bonds is 3. The number of hydrogen-bond acceptors (Lipinski definition) is 2. The molecule has 2 rings (SSSR count). The standard InChI is InChI=1S/C21H26N2O2/c1-12(2)17-9-7-8-14(4)19(17)23-21(25)20(24)22-18-15(5)10-13(3)11-16(18)6/h7-12H,1-6H3,(H,22,24)(H,23,25). The van der Waals surface area contributed by atoms with Gasteiger partial charge in [0.15, 0.2) is 0 Å². The minimum atomic E-state index is -0.659. The monoisotopic (exact) mass is 338 g/mol. The van der Waals surface area contributed by atoms with Gasteiger partial charge in [0.2, 0.25) is 0 Å². The van der Waals surface area contributed by atoms with Crippen LogP contribution in [0.5, 0.6) is 0 Å². The molecule has 0 aliphatic carbocycles. The van der Waals surface area contributed by atoms with Crippen LogP contribution < -0.4 is 10.6 Å². The first-order valence-corrected chi connectivity index (χ1v) is 8.50. The highest BCUT2D eigenvalue weighted by atomic mass is 16.2. The summed E-state index contributed by atoms with van der Waals surface area (Å²) in [6.07, 6.45) is 0. The van der Waals surface area contributed by atoms with Crippen molar-refractivity contribution in [2.24, 2.45) is 0 Å². The summed E-state index contributed by atoms with van der Waals surface area (Å²) in [5, 5.41) is 5.52. The summed E-state index contributed by atoms with van der Waals surface area (Å²) in [7, 11) is 0. The largest absolute Gasteiger partial charge is 0.317 e. The molecule has 0 bridgehead atoms. The maximum atomic E-state index is 12.4. The van der Waals surface area contributed by atoms with Crippen molar-refractivity contribution >= 4 is 23.2 Å². The molecule has 0 atom stereocenters. The Bertz CT molecular complexity index is 800. The van der Waals surface area contributed by atoms with Gasteiger partial charge < -0.3 is 10.6 Å². The third-order valence-electron chi connectivity index (χ3n) is 4.29. The van der Waals surface area contributed by atoms with Gasteiger partial charge in [-0.1, -0.05) is 49.7 Å². The van der Waals surface area contributed by atoms with Gasteiger partial charge in [0.1, 0.15) is 0 Å². The van der Waals surface area contributed by atoms with Gasteiger partial charge in [-0.25, -0.2) is 0 Å². The van der Waals surface area contributed by atoms with E-state index in [1.165, 1.54) is 0 Å². The van der Waals surface area contributed by atoms with Crippen molar-refractivity contribution in [2.75, 3.05) is 10.6 Å². The maximum absolute atomic E-state index is 12.4. The van der Waals surface area contributed by atoms with Crippen LogP contribution in [0.25, 0.3) is 0 Å². The van der Waals surface area contributed by atoms with Crippen LogP contribution >= 0.6 is 0 Å². The molecule has 0 saturated carbocycles. The number of benzene rings is 2. The van der Waals surface area contributed by atoms with Gasteiger partial charge in [-0.3, -0.25) is 9.59 Å². The number of para-hydroxylation sites is 1. The number of nitrogens with one attached hydrogen (secondary N) is 2. The van der Waals surface area contributed by atoms with E-state index in [0.29, 0.717) is 5.69 Å². The predicted molar refractivity (Wildman–Crippen MR) is 103 cm³/mol. The Hall–Kier alpha value is -2.62. The SMILES string of the molecule is Cc1cc(C)c(NC(=O)C(=O)Nc2c(C)cccc2C(C)C)c(C)c1. The van der Waals surface area contributed by atoms with Crippen molar-refractivity contribution in [3.05, 3.63) is 58.1 Å². The van der Waals surface area contributed by atoms with E-state index in [9.17, 15) is 9.59 Å². The first-order chi connectivity index (χ1) is 11.7. The molecule has 0 spiro atoms. The number of carbonyl (C=O) groups excluding carboxylic acids is 2. The lowest BCUT2D eigenvalue weighted by Crippen LogP contribution is -2.30. The van der Waals surface area contributed by atoms with Crippen LogP contribution in [0.4, 0.5) is 11.4 Å². The molecule has 0 unspecified atom stereocenters. The van der Waals surface area contributed by atoms with Gasteiger partial charge in [0.05, 0.1) is 0 Å². The summed E-state index contributed by atoms with van der Waals surface area (Å²) in [4.78, 5) is 24.8. The second kappa shape index (κ2) is 7.51. The predicted octanol–water partition coefficient (Wildman–Crippen LogP) is 4.62. The van der Waals surface area contributed by atoms with Crippen molar-refractivity contribution in [1.29, 1.82) is 0 Å². The molecule has 0 aromatic heterocycles. The first-order valence-electron chi connectivity index (χ1n) is 8.50. The zero-order chi connectivity index (χ0) is 18.7. The number of hydrogen-bond donors (Lipinski definition) is 2. The van der Waals surface area contributed by atoms with Crippen molar-refractivity contribution < 1.29 is 9.59 Å². The minimum absolute atomic E-state index is 0.250. The van der Waals surface area contributed by atoms with Gasteiger partial charge in [0, 0.05) is 11.4 Å². The van der Waals surface area contributed by atoms with Crippen LogP contribution in [0.2, 0.25) is 0 Å². The van der Waals surface area contributed by atoms with Crippen molar-refractivity contribution in [3.8, 4) is 0 Å². The van der Waals surface area contributed by atoms with Crippen molar-refractivity contribution in [1.82, 2.24) is 0 Å². The fourth-order valence-electron chi connectivity index (χ4n) is 3.06. The highest BCUT2D eigenvalue weighted by Crippen LogP contribution is 2.27. The summed E-state index contributed by atoms with van der Waals surface area (Å²) in [6, 6.07) is 9.82. The van der Waals surface area contributed by atoms with E-state index >= 15 is 0 Å². The fourth-order valence-corrected chi connectivity index (χ4v) is 3.06. The van der Waals surface area contributed by atoms with E-state index in [0.717, 1.165) is 33.5 Å². The maximum Gasteiger partial charge on any atom is 0.314 e. The van der Waals surface area contributed by atoms with E-state index in [2.05, 4.69) is 24.5 Å². The average Bonchev–Trinajstić information content (AvgIpc) is 2.52. The lowest BCUT2D eigenvalue weighted by Gasteiger charge is -2.17. The summed E-state index contributed by atoms with van der Waals surface area (Å²) in [6.45, 7) is 11.9. The van der Waals surface area contributed by atoms with Crippen molar-refractivity contribution in [3.63, 3.8) is 0 Å². The van der Waals surface area contributed by atoms with E-state index < -0.39 is 11.8 Å².